The fraction of sp³-hybridized carbons (Fsp3) is 0.143. The molecule has 1 fully saturated rings. The number of hydrogen-bond acceptors (Lipinski definition) is 2. The molecule has 0 radical (unpaired) electrons. The minimum atomic E-state index is -0.242. The predicted molar refractivity (Wildman–Crippen MR) is 95.8 cm³/mol. The molecule has 1 saturated carbocycles. The van der Waals surface area contributed by atoms with Crippen LogP contribution in [-0.4, -0.2) is 14.6 Å². The van der Waals surface area contributed by atoms with Crippen molar-refractivity contribution in [2.45, 2.75) is 18.8 Å². The van der Waals surface area contributed by atoms with E-state index in [9.17, 15) is 4.39 Å². The van der Waals surface area contributed by atoms with Gasteiger partial charge in [0.1, 0.15) is 11.5 Å². The van der Waals surface area contributed by atoms with Crippen LogP contribution in [0.2, 0.25) is 0 Å². The largest absolute Gasteiger partial charge is 0.265 e. The van der Waals surface area contributed by atoms with Crippen molar-refractivity contribution in [3.63, 3.8) is 0 Å². The van der Waals surface area contributed by atoms with E-state index in [1.807, 2.05) is 16.6 Å². The van der Waals surface area contributed by atoms with Crippen molar-refractivity contribution in [3.05, 3.63) is 78.5 Å². The minimum absolute atomic E-state index is 0.242. The topological polar surface area (TPSA) is 30.2 Å². The van der Waals surface area contributed by atoms with Gasteiger partial charge in [-0.3, -0.25) is 4.98 Å². The number of hydrogen-bond donors (Lipinski definition) is 0. The number of halogens is 1. The molecule has 0 aliphatic heterocycles. The first kappa shape index (κ1) is 14.3. The second-order valence-electron chi connectivity index (χ2n) is 6.53. The Bertz CT molecular complexity index is 1050. The molecular formula is C21H16FN3. The van der Waals surface area contributed by atoms with Crippen molar-refractivity contribution in [2.24, 2.45) is 0 Å². The second kappa shape index (κ2) is 5.52. The molecule has 0 amide bonds. The monoisotopic (exact) mass is 329 g/mol. The highest BCUT2D eigenvalue weighted by Gasteiger charge is 2.25. The number of benzene rings is 1. The highest BCUT2D eigenvalue weighted by molar-refractivity contribution is 5.92. The van der Waals surface area contributed by atoms with Gasteiger partial charge in [0.05, 0.1) is 5.52 Å². The van der Waals surface area contributed by atoms with Crippen LogP contribution >= 0.6 is 0 Å². The summed E-state index contributed by atoms with van der Waals surface area (Å²) >= 11 is 0. The summed E-state index contributed by atoms with van der Waals surface area (Å²) in [5, 5.41) is 4.83. The van der Waals surface area contributed by atoms with Gasteiger partial charge in [-0.05, 0) is 72.4 Å². The molecule has 5 rings (SSSR count). The van der Waals surface area contributed by atoms with E-state index in [0.29, 0.717) is 5.92 Å². The molecule has 1 aromatic carbocycles. The number of pyridine rings is 2. The van der Waals surface area contributed by atoms with Crippen LogP contribution in [-0.2, 0) is 0 Å². The fourth-order valence-electron chi connectivity index (χ4n) is 3.34. The van der Waals surface area contributed by atoms with E-state index in [1.165, 1.54) is 30.5 Å². The number of rotatable bonds is 3. The molecule has 4 aromatic rings. The summed E-state index contributed by atoms with van der Waals surface area (Å²) in [6.45, 7) is 0. The highest BCUT2D eigenvalue weighted by Crippen LogP contribution is 2.41. The summed E-state index contributed by atoms with van der Waals surface area (Å²) in [5.74, 6) is 0.432. The fourth-order valence-corrected chi connectivity index (χ4v) is 3.34. The van der Waals surface area contributed by atoms with E-state index < -0.39 is 0 Å². The molecule has 1 aliphatic carbocycles. The predicted octanol–water partition coefficient (Wildman–Crippen LogP) is 5.08. The molecule has 0 spiro atoms. The lowest BCUT2D eigenvalue weighted by molar-refractivity contribution is 0.628. The van der Waals surface area contributed by atoms with Gasteiger partial charge >= 0.3 is 0 Å². The Labute approximate surface area is 144 Å². The van der Waals surface area contributed by atoms with Crippen LogP contribution in [0.25, 0.3) is 27.9 Å². The van der Waals surface area contributed by atoms with E-state index >= 15 is 0 Å². The zero-order valence-electron chi connectivity index (χ0n) is 13.6. The van der Waals surface area contributed by atoms with Crippen molar-refractivity contribution >= 4 is 5.52 Å². The maximum atomic E-state index is 13.3. The first-order valence-electron chi connectivity index (χ1n) is 8.48. The molecule has 0 saturated heterocycles. The van der Waals surface area contributed by atoms with E-state index in [4.69, 9.17) is 5.10 Å². The molecular weight excluding hydrogens is 313 g/mol. The van der Waals surface area contributed by atoms with Crippen LogP contribution < -0.4 is 0 Å². The summed E-state index contributed by atoms with van der Waals surface area (Å²) < 4.78 is 15.3. The number of fused-ring (bicyclic) bond motifs is 1. The molecule has 0 atom stereocenters. The minimum Gasteiger partial charge on any atom is -0.265 e. The van der Waals surface area contributed by atoms with Crippen molar-refractivity contribution in [1.82, 2.24) is 14.6 Å². The molecule has 1 aliphatic rings. The summed E-state index contributed by atoms with van der Waals surface area (Å²) in [7, 11) is 0. The van der Waals surface area contributed by atoms with E-state index in [2.05, 4.69) is 23.3 Å². The van der Waals surface area contributed by atoms with Gasteiger partial charge in [-0.25, -0.2) is 8.91 Å². The third-order valence-electron chi connectivity index (χ3n) is 4.79. The quantitative estimate of drug-likeness (QED) is 0.525. The molecule has 122 valence electrons. The van der Waals surface area contributed by atoms with Gasteiger partial charge in [0, 0.05) is 29.7 Å². The Morgan fingerprint density at radius 2 is 1.64 bits per heavy atom. The Balaban J connectivity index is 1.77. The average Bonchev–Trinajstić information content (AvgIpc) is 3.43. The first-order valence-corrected chi connectivity index (χ1v) is 8.48. The van der Waals surface area contributed by atoms with Crippen molar-refractivity contribution in [2.75, 3.05) is 0 Å². The van der Waals surface area contributed by atoms with Crippen LogP contribution in [0.1, 0.15) is 24.3 Å². The van der Waals surface area contributed by atoms with Crippen LogP contribution in [0, 0.1) is 5.82 Å². The zero-order valence-corrected chi connectivity index (χ0v) is 13.6. The maximum Gasteiger partial charge on any atom is 0.123 e. The van der Waals surface area contributed by atoms with Gasteiger partial charge < -0.3 is 0 Å². The van der Waals surface area contributed by atoms with Crippen LogP contribution in [0.15, 0.2) is 67.1 Å². The summed E-state index contributed by atoms with van der Waals surface area (Å²) in [5.41, 5.74) is 6.26. The van der Waals surface area contributed by atoms with Gasteiger partial charge in [-0.2, -0.15) is 5.10 Å². The first-order chi connectivity index (χ1) is 12.3. The Hall–Kier alpha value is -3.01. The molecule has 3 heterocycles. The maximum absolute atomic E-state index is 13.3. The van der Waals surface area contributed by atoms with E-state index in [-0.39, 0.29) is 5.82 Å². The highest BCUT2D eigenvalue weighted by atomic mass is 19.1. The number of aromatic nitrogens is 3. The van der Waals surface area contributed by atoms with Crippen molar-refractivity contribution < 1.29 is 4.39 Å². The van der Waals surface area contributed by atoms with E-state index in [0.717, 1.165) is 27.9 Å². The third-order valence-corrected chi connectivity index (χ3v) is 4.79. The molecule has 25 heavy (non-hydrogen) atoms. The van der Waals surface area contributed by atoms with Gasteiger partial charge in [-0.1, -0.05) is 6.07 Å². The summed E-state index contributed by atoms with van der Waals surface area (Å²) in [6, 6.07) is 14.8. The molecule has 3 nitrogen and oxygen atoms in total. The van der Waals surface area contributed by atoms with Gasteiger partial charge in [0.2, 0.25) is 0 Å². The van der Waals surface area contributed by atoms with Crippen LogP contribution in [0.4, 0.5) is 4.39 Å². The SMILES string of the molecule is Fc1ccc(-c2nn3cc(C4CC4)ccc3c2-c2ccncc2)cc1. The molecule has 0 unspecified atom stereocenters. The number of nitrogens with zero attached hydrogens (tertiary/aromatic N) is 3. The Morgan fingerprint density at radius 3 is 2.36 bits per heavy atom. The lowest BCUT2D eigenvalue weighted by atomic mass is 10.0. The smallest absolute Gasteiger partial charge is 0.123 e. The van der Waals surface area contributed by atoms with Crippen LogP contribution in [0.5, 0.6) is 0 Å². The average molecular weight is 329 g/mol. The Kier molecular flexibility index (Phi) is 3.17. The van der Waals surface area contributed by atoms with Crippen LogP contribution in [0.3, 0.4) is 0 Å². The summed E-state index contributed by atoms with van der Waals surface area (Å²) in [6.07, 6.45) is 8.21. The Morgan fingerprint density at radius 1 is 0.880 bits per heavy atom. The molecule has 4 heteroatoms. The lowest BCUT2D eigenvalue weighted by Gasteiger charge is -2.04. The normalized spacial score (nSPS) is 14.1. The van der Waals surface area contributed by atoms with Crippen molar-refractivity contribution in [3.8, 4) is 22.4 Å². The standard InChI is InChI=1S/C21H16FN3/c22-18-6-3-16(4-7-18)21-20(15-9-11-23-12-10-15)19-8-5-17(14-1-2-14)13-25(19)24-21/h3-14H,1-2H2. The zero-order chi connectivity index (χ0) is 16.8. The molecule has 0 N–H and O–H groups in total. The summed E-state index contributed by atoms with van der Waals surface area (Å²) in [4.78, 5) is 4.12. The third kappa shape index (κ3) is 2.50. The van der Waals surface area contributed by atoms with Crippen molar-refractivity contribution in [1.29, 1.82) is 0 Å². The van der Waals surface area contributed by atoms with Gasteiger partial charge in [0.15, 0.2) is 0 Å². The second-order valence-corrected chi connectivity index (χ2v) is 6.53. The lowest BCUT2D eigenvalue weighted by Crippen LogP contribution is -1.90. The van der Waals surface area contributed by atoms with Gasteiger partial charge in [0.25, 0.3) is 0 Å². The molecule has 3 aromatic heterocycles. The van der Waals surface area contributed by atoms with E-state index in [1.54, 1.807) is 24.5 Å². The molecule has 0 bridgehead atoms. The van der Waals surface area contributed by atoms with Gasteiger partial charge in [-0.15, -0.1) is 0 Å².